The second-order valence-electron chi connectivity index (χ2n) is 7.03. The van der Waals surface area contributed by atoms with E-state index in [1.165, 1.54) is 43.5 Å². The predicted octanol–water partition coefficient (Wildman–Crippen LogP) is 4.54. The fraction of sp³-hybridized carbons (Fsp3) is 0.174. The van der Waals surface area contributed by atoms with Gasteiger partial charge in [0.25, 0.3) is 10.0 Å². The van der Waals surface area contributed by atoms with Crippen LogP contribution in [0.1, 0.15) is 5.56 Å². The van der Waals surface area contributed by atoms with E-state index in [4.69, 9.17) is 14.6 Å². The molecule has 0 fully saturated rings. The van der Waals surface area contributed by atoms with E-state index in [0.29, 0.717) is 16.9 Å². The van der Waals surface area contributed by atoms with Gasteiger partial charge in [0, 0.05) is 11.3 Å². The summed E-state index contributed by atoms with van der Waals surface area (Å²) < 4.78 is 68.9. The van der Waals surface area contributed by atoms with Crippen LogP contribution in [0.3, 0.4) is 0 Å². The fourth-order valence-electron chi connectivity index (χ4n) is 3.09. The minimum absolute atomic E-state index is 0.0911. The normalized spacial score (nSPS) is 11.2. The maximum absolute atomic E-state index is 12.9. The molecule has 0 aliphatic heterocycles. The Morgan fingerprint density at radius 1 is 1.03 bits per heavy atom. The molecule has 0 unspecified atom stereocenters. The Kier molecular flexibility index (Phi) is 7.57. The Morgan fingerprint density at radius 2 is 1.71 bits per heavy atom. The van der Waals surface area contributed by atoms with Crippen LogP contribution in [-0.4, -0.2) is 39.8 Å². The molecule has 2 N–H and O–H groups in total. The first-order valence-electron chi connectivity index (χ1n) is 9.80. The molecule has 3 rings (SSSR count). The number of sulfonamides is 1. The Hall–Kier alpha value is -3.86. The molecule has 0 saturated heterocycles. The maximum Gasteiger partial charge on any atom is 0.387 e. The lowest BCUT2D eigenvalue weighted by Gasteiger charge is -2.15. The number of methoxy groups -OCH3 is 1. The summed E-state index contributed by atoms with van der Waals surface area (Å²) in [5.74, 6) is -0.497. The molecule has 0 saturated carbocycles. The lowest BCUT2D eigenvalue weighted by molar-refractivity contribution is -0.139. The summed E-state index contributed by atoms with van der Waals surface area (Å²) in [5, 5.41) is 8.72. The van der Waals surface area contributed by atoms with Crippen molar-refractivity contribution in [2.45, 2.75) is 18.4 Å². The zero-order valence-corrected chi connectivity index (χ0v) is 18.9. The van der Waals surface area contributed by atoms with Gasteiger partial charge in [-0.05, 0) is 66.6 Å². The van der Waals surface area contributed by atoms with Gasteiger partial charge in [0.05, 0.1) is 12.0 Å². The monoisotopic (exact) mass is 493 g/mol. The van der Waals surface area contributed by atoms with Crippen LogP contribution in [0.15, 0.2) is 65.6 Å². The highest BCUT2D eigenvalue weighted by atomic mass is 32.2. The van der Waals surface area contributed by atoms with E-state index in [-0.39, 0.29) is 27.6 Å². The molecular weight excluding hydrogens is 472 g/mol. The van der Waals surface area contributed by atoms with Crippen LogP contribution in [-0.2, 0) is 14.8 Å². The Bertz CT molecular complexity index is 1280. The summed E-state index contributed by atoms with van der Waals surface area (Å²) in [7, 11) is -2.57. The number of hydrogen-bond donors (Lipinski definition) is 2. The summed E-state index contributed by atoms with van der Waals surface area (Å²) in [6.45, 7) is -2.05. The number of carbonyl (C=O) groups is 1. The summed E-state index contributed by atoms with van der Waals surface area (Å²) in [6, 6.07) is 14.4. The van der Waals surface area contributed by atoms with Gasteiger partial charge < -0.3 is 19.3 Å². The molecule has 0 aromatic heterocycles. The van der Waals surface area contributed by atoms with Gasteiger partial charge in [-0.2, -0.15) is 8.78 Å². The topological polar surface area (TPSA) is 111 Å². The highest BCUT2D eigenvalue weighted by molar-refractivity contribution is 7.92. The summed E-state index contributed by atoms with van der Waals surface area (Å²) in [5.41, 5.74) is 1.30. The minimum Gasteiger partial charge on any atom is -0.497 e. The molecule has 34 heavy (non-hydrogen) atoms. The average Bonchev–Trinajstić information content (AvgIpc) is 2.78. The molecule has 0 spiro atoms. The maximum atomic E-state index is 12.9. The van der Waals surface area contributed by atoms with Crippen LogP contribution >= 0.6 is 0 Å². The third kappa shape index (κ3) is 6.13. The van der Waals surface area contributed by atoms with Gasteiger partial charge in [-0.3, -0.25) is 4.72 Å². The number of benzene rings is 3. The number of rotatable bonds is 10. The number of carboxylic acids is 1. The lowest BCUT2D eigenvalue weighted by Crippen LogP contribution is -2.14. The Labute approximate surface area is 194 Å². The second-order valence-corrected chi connectivity index (χ2v) is 8.72. The van der Waals surface area contributed by atoms with Crippen LogP contribution in [0.25, 0.3) is 11.1 Å². The van der Waals surface area contributed by atoms with Gasteiger partial charge in [-0.15, -0.1) is 0 Å². The number of anilines is 1. The SMILES string of the molecule is COc1ccc(-c2cc(NS(=O)(=O)c3ccc(OCC(=O)O)c(C)c3)ccc2OC(F)F)cc1. The van der Waals surface area contributed by atoms with Gasteiger partial charge >= 0.3 is 12.6 Å². The molecule has 0 amide bonds. The molecule has 0 atom stereocenters. The van der Waals surface area contributed by atoms with Crippen LogP contribution in [0, 0.1) is 6.92 Å². The van der Waals surface area contributed by atoms with E-state index in [0.717, 1.165) is 0 Å². The number of ether oxygens (including phenoxy) is 3. The summed E-state index contributed by atoms with van der Waals surface area (Å²) >= 11 is 0. The molecular formula is C23H21F2NO7S. The van der Waals surface area contributed by atoms with Gasteiger partial charge in [0.15, 0.2) is 6.61 Å². The minimum atomic E-state index is -4.06. The summed E-state index contributed by atoms with van der Waals surface area (Å²) in [4.78, 5) is 10.6. The van der Waals surface area contributed by atoms with Gasteiger partial charge in [-0.1, -0.05) is 12.1 Å². The van der Waals surface area contributed by atoms with Gasteiger partial charge in [-0.25, -0.2) is 13.2 Å². The fourth-order valence-corrected chi connectivity index (χ4v) is 4.23. The van der Waals surface area contributed by atoms with Crippen molar-refractivity contribution in [3.8, 4) is 28.4 Å². The number of nitrogens with one attached hydrogen (secondary N) is 1. The largest absolute Gasteiger partial charge is 0.497 e. The zero-order chi connectivity index (χ0) is 24.9. The molecule has 0 radical (unpaired) electrons. The number of halogens is 2. The van der Waals surface area contributed by atoms with Crippen molar-refractivity contribution in [2.24, 2.45) is 0 Å². The molecule has 0 aliphatic rings. The number of alkyl halides is 2. The van der Waals surface area contributed by atoms with Crippen molar-refractivity contribution >= 4 is 21.7 Å². The third-order valence-electron chi connectivity index (χ3n) is 4.66. The second kappa shape index (κ2) is 10.4. The molecule has 3 aromatic carbocycles. The van der Waals surface area contributed by atoms with Crippen LogP contribution in [0.2, 0.25) is 0 Å². The van der Waals surface area contributed by atoms with Gasteiger partial charge in [0.1, 0.15) is 17.2 Å². The average molecular weight is 493 g/mol. The molecule has 0 bridgehead atoms. The van der Waals surface area contributed by atoms with Crippen LogP contribution in [0.4, 0.5) is 14.5 Å². The van der Waals surface area contributed by atoms with E-state index >= 15 is 0 Å². The number of aryl methyl sites for hydroxylation is 1. The predicted molar refractivity (Wildman–Crippen MR) is 120 cm³/mol. The van der Waals surface area contributed by atoms with E-state index in [1.807, 2.05) is 0 Å². The quantitative estimate of drug-likeness (QED) is 0.427. The van der Waals surface area contributed by atoms with Gasteiger partial charge in [0.2, 0.25) is 0 Å². The van der Waals surface area contributed by atoms with Crippen molar-refractivity contribution in [3.63, 3.8) is 0 Å². The Morgan fingerprint density at radius 3 is 2.29 bits per heavy atom. The zero-order valence-electron chi connectivity index (χ0n) is 18.1. The molecule has 3 aromatic rings. The standard InChI is InChI=1S/C23H21F2NO7S/c1-14-11-18(8-10-20(14)32-13-22(27)28)34(29,30)26-16-5-9-21(33-23(24)25)19(12-16)15-3-6-17(31-2)7-4-15/h3-12,23,26H,13H2,1-2H3,(H,27,28). The number of carboxylic acid groups (broad SMARTS) is 1. The first-order valence-corrected chi connectivity index (χ1v) is 11.3. The van der Waals surface area contributed by atoms with Crippen molar-refractivity contribution in [1.29, 1.82) is 0 Å². The molecule has 180 valence electrons. The number of aliphatic carboxylic acids is 1. The van der Waals surface area contributed by atoms with Crippen LogP contribution in [0.5, 0.6) is 17.2 Å². The highest BCUT2D eigenvalue weighted by Crippen LogP contribution is 2.35. The van der Waals surface area contributed by atoms with E-state index in [9.17, 15) is 22.0 Å². The third-order valence-corrected chi connectivity index (χ3v) is 6.04. The van der Waals surface area contributed by atoms with Crippen molar-refractivity contribution in [3.05, 3.63) is 66.2 Å². The first kappa shape index (κ1) is 24.8. The number of hydrogen-bond acceptors (Lipinski definition) is 6. The lowest BCUT2D eigenvalue weighted by atomic mass is 10.0. The molecule has 0 aliphatic carbocycles. The first-order chi connectivity index (χ1) is 16.1. The molecule has 8 nitrogen and oxygen atoms in total. The molecule has 0 heterocycles. The van der Waals surface area contributed by atoms with Crippen LogP contribution < -0.4 is 18.9 Å². The van der Waals surface area contributed by atoms with E-state index < -0.39 is 29.2 Å². The van der Waals surface area contributed by atoms with Crippen molar-refractivity contribution in [1.82, 2.24) is 0 Å². The smallest absolute Gasteiger partial charge is 0.387 e. The van der Waals surface area contributed by atoms with E-state index in [2.05, 4.69) is 9.46 Å². The summed E-state index contributed by atoms with van der Waals surface area (Å²) in [6.07, 6.45) is 0. The van der Waals surface area contributed by atoms with E-state index in [1.54, 1.807) is 31.2 Å². The highest BCUT2D eigenvalue weighted by Gasteiger charge is 2.19. The molecule has 11 heteroatoms. The Balaban J connectivity index is 1.92. The van der Waals surface area contributed by atoms with Crippen molar-refractivity contribution < 1.29 is 41.3 Å². The van der Waals surface area contributed by atoms with Crippen molar-refractivity contribution in [2.75, 3.05) is 18.4 Å².